The van der Waals surface area contributed by atoms with Crippen LogP contribution >= 0.6 is 0 Å². The minimum Gasteiger partial charge on any atom is -0.368 e. The highest BCUT2D eigenvalue weighted by Gasteiger charge is 2.25. The first kappa shape index (κ1) is 10.9. The van der Waals surface area contributed by atoms with E-state index < -0.39 is 0 Å². The maximum atomic E-state index is 5.61. The SMILES string of the molecule is Nc1nccc(C2CCN(c3cnccn3)C2)n1. The minimum atomic E-state index is 0.338. The fraction of sp³-hybridized carbons (Fsp3) is 0.333. The van der Waals surface area contributed by atoms with Crippen LogP contribution in [0.25, 0.3) is 0 Å². The van der Waals surface area contributed by atoms with E-state index in [1.807, 2.05) is 6.07 Å². The third-order valence-electron chi connectivity index (χ3n) is 3.18. The molecule has 0 spiro atoms. The quantitative estimate of drug-likeness (QED) is 0.840. The fourth-order valence-electron chi connectivity index (χ4n) is 2.28. The molecule has 1 saturated heterocycles. The monoisotopic (exact) mass is 242 g/mol. The first-order valence-electron chi connectivity index (χ1n) is 5.92. The Labute approximate surface area is 105 Å². The molecule has 2 N–H and O–H groups in total. The Morgan fingerprint density at radius 3 is 2.94 bits per heavy atom. The van der Waals surface area contributed by atoms with Crippen LogP contribution in [-0.4, -0.2) is 33.0 Å². The number of aromatic nitrogens is 4. The molecule has 1 unspecified atom stereocenters. The average molecular weight is 242 g/mol. The van der Waals surface area contributed by atoms with Crippen molar-refractivity contribution in [1.29, 1.82) is 0 Å². The highest BCUT2D eigenvalue weighted by Crippen LogP contribution is 2.28. The van der Waals surface area contributed by atoms with Gasteiger partial charge >= 0.3 is 0 Å². The summed E-state index contributed by atoms with van der Waals surface area (Å²) in [6.07, 6.45) is 7.94. The van der Waals surface area contributed by atoms with Gasteiger partial charge in [-0.15, -0.1) is 0 Å². The molecule has 0 amide bonds. The van der Waals surface area contributed by atoms with E-state index in [0.29, 0.717) is 11.9 Å². The van der Waals surface area contributed by atoms with Gasteiger partial charge in [0.15, 0.2) is 0 Å². The van der Waals surface area contributed by atoms with Crippen molar-refractivity contribution < 1.29 is 0 Å². The highest BCUT2D eigenvalue weighted by atomic mass is 15.2. The predicted molar refractivity (Wildman–Crippen MR) is 68.0 cm³/mol. The average Bonchev–Trinajstić information content (AvgIpc) is 2.89. The Bertz CT molecular complexity index is 529. The second-order valence-corrected chi connectivity index (χ2v) is 4.33. The van der Waals surface area contributed by atoms with Gasteiger partial charge < -0.3 is 10.6 Å². The van der Waals surface area contributed by atoms with Crippen LogP contribution in [-0.2, 0) is 0 Å². The normalized spacial score (nSPS) is 19.1. The molecule has 2 aromatic heterocycles. The summed E-state index contributed by atoms with van der Waals surface area (Å²) in [6, 6.07) is 1.93. The van der Waals surface area contributed by atoms with Crippen molar-refractivity contribution in [3.63, 3.8) is 0 Å². The van der Waals surface area contributed by atoms with E-state index in [0.717, 1.165) is 31.0 Å². The highest BCUT2D eigenvalue weighted by molar-refractivity contribution is 5.38. The lowest BCUT2D eigenvalue weighted by atomic mass is 10.1. The number of nitrogens with zero attached hydrogens (tertiary/aromatic N) is 5. The molecule has 0 saturated carbocycles. The predicted octanol–water partition coefficient (Wildman–Crippen LogP) is 0.843. The number of anilines is 2. The first-order chi connectivity index (χ1) is 8.83. The van der Waals surface area contributed by atoms with Crippen molar-refractivity contribution in [1.82, 2.24) is 19.9 Å². The van der Waals surface area contributed by atoms with Gasteiger partial charge in [0.05, 0.1) is 11.9 Å². The Hall–Kier alpha value is -2.24. The number of hydrogen-bond donors (Lipinski definition) is 1. The molecule has 6 nitrogen and oxygen atoms in total. The molecular weight excluding hydrogens is 228 g/mol. The van der Waals surface area contributed by atoms with Crippen LogP contribution < -0.4 is 10.6 Å². The molecule has 1 aliphatic heterocycles. The van der Waals surface area contributed by atoms with Crippen LogP contribution in [0.1, 0.15) is 18.0 Å². The van der Waals surface area contributed by atoms with Gasteiger partial charge in [0.25, 0.3) is 0 Å². The maximum Gasteiger partial charge on any atom is 0.220 e. The summed E-state index contributed by atoms with van der Waals surface area (Å²) in [6.45, 7) is 1.86. The standard InChI is InChI=1S/C12H14N6/c13-12-16-3-1-10(17-12)9-2-6-18(8-9)11-7-14-4-5-15-11/h1,3-5,7,9H,2,6,8H2,(H2,13,16,17). The van der Waals surface area contributed by atoms with E-state index in [9.17, 15) is 0 Å². The van der Waals surface area contributed by atoms with Crippen LogP contribution in [0.3, 0.4) is 0 Å². The van der Waals surface area contributed by atoms with Gasteiger partial charge in [0.2, 0.25) is 5.95 Å². The second kappa shape index (κ2) is 4.56. The molecule has 18 heavy (non-hydrogen) atoms. The molecule has 3 heterocycles. The lowest BCUT2D eigenvalue weighted by Gasteiger charge is -2.16. The zero-order chi connectivity index (χ0) is 12.4. The van der Waals surface area contributed by atoms with Crippen LogP contribution in [0.2, 0.25) is 0 Å². The fourth-order valence-corrected chi connectivity index (χ4v) is 2.28. The second-order valence-electron chi connectivity index (χ2n) is 4.33. The minimum absolute atomic E-state index is 0.338. The van der Waals surface area contributed by atoms with E-state index in [1.54, 1.807) is 24.8 Å². The van der Waals surface area contributed by atoms with Crippen LogP contribution in [0.15, 0.2) is 30.9 Å². The maximum absolute atomic E-state index is 5.61. The molecule has 0 radical (unpaired) electrons. The lowest BCUT2D eigenvalue weighted by Crippen LogP contribution is -2.20. The Kier molecular flexibility index (Phi) is 2.76. The van der Waals surface area contributed by atoms with Gasteiger partial charge in [-0.1, -0.05) is 0 Å². The number of nitrogen functional groups attached to an aromatic ring is 1. The van der Waals surface area contributed by atoms with Crippen LogP contribution in [0.5, 0.6) is 0 Å². The van der Waals surface area contributed by atoms with E-state index in [4.69, 9.17) is 5.73 Å². The molecule has 6 heteroatoms. The van der Waals surface area contributed by atoms with Gasteiger partial charge in [0, 0.05) is 37.6 Å². The van der Waals surface area contributed by atoms with Gasteiger partial charge in [-0.25, -0.2) is 15.0 Å². The third-order valence-corrected chi connectivity index (χ3v) is 3.18. The first-order valence-corrected chi connectivity index (χ1v) is 5.92. The summed E-state index contributed by atoms with van der Waals surface area (Å²) in [5.41, 5.74) is 6.62. The summed E-state index contributed by atoms with van der Waals surface area (Å²) < 4.78 is 0. The number of nitrogens with two attached hydrogens (primary N) is 1. The molecule has 0 aromatic carbocycles. The zero-order valence-corrected chi connectivity index (χ0v) is 9.90. The Morgan fingerprint density at radius 2 is 2.17 bits per heavy atom. The lowest BCUT2D eigenvalue weighted by molar-refractivity contribution is 0.741. The van der Waals surface area contributed by atoms with Crippen molar-refractivity contribution in [2.45, 2.75) is 12.3 Å². The molecule has 3 rings (SSSR count). The molecular formula is C12H14N6. The van der Waals surface area contributed by atoms with Crippen molar-refractivity contribution in [2.24, 2.45) is 0 Å². The Balaban J connectivity index is 1.76. The molecule has 0 bridgehead atoms. The van der Waals surface area contributed by atoms with Gasteiger partial charge in [-0.05, 0) is 12.5 Å². The van der Waals surface area contributed by atoms with Crippen LogP contribution in [0, 0.1) is 0 Å². The smallest absolute Gasteiger partial charge is 0.220 e. The molecule has 92 valence electrons. The van der Waals surface area contributed by atoms with Gasteiger partial charge in [0.1, 0.15) is 5.82 Å². The summed E-state index contributed by atoms with van der Waals surface area (Å²) in [5.74, 6) is 1.64. The van der Waals surface area contributed by atoms with Gasteiger partial charge in [-0.3, -0.25) is 4.98 Å². The van der Waals surface area contributed by atoms with E-state index in [-0.39, 0.29) is 0 Å². The largest absolute Gasteiger partial charge is 0.368 e. The van der Waals surface area contributed by atoms with Crippen LogP contribution in [0.4, 0.5) is 11.8 Å². The number of rotatable bonds is 2. The molecule has 1 aliphatic rings. The topological polar surface area (TPSA) is 80.8 Å². The van der Waals surface area contributed by atoms with E-state index in [2.05, 4.69) is 24.8 Å². The van der Waals surface area contributed by atoms with E-state index in [1.165, 1.54) is 0 Å². The van der Waals surface area contributed by atoms with Crippen molar-refractivity contribution in [2.75, 3.05) is 23.7 Å². The van der Waals surface area contributed by atoms with Crippen molar-refractivity contribution >= 4 is 11.8 Å². The molecule has 1 atom stereocenters. The summed E-state index contributed by atoms with van der Waals surface area (Å²) >= 11 is 0. The van der Waals surface area contributed by atoms with Crippen molar-refractivity contribution in [3.05, 3.63) is 36.5 Å². The summed E-state index contributed by atoms with van der Waals surface area (Å²) in [4.78, 5) is 18.8. The third kappa shape index (κ3) is 2.09. The summed E-state index contributed by atoms with van der Waals surface area (Å²) in [5, 5.41) is 0. The molecule has 0 aliphatic carbocycles. The molecule has 2 aromatic rings. The Morgan fingerprint density at radius 1 is 1.22 bits per heavy atom. The van der Waals surface area contributed by atoms with E-state index >= 15 is 0 Å². The number of hydrogen-bond acceptors (Lipinski definition) is 6. The van der Waals surface area contributed by atoms with Crippen molar-refractivity contribution in [3.8, 4) is 0 Å². The molecule has 1 fully saturated rings. The van der Waals surface area contributed by atoms with Gasteiger partial charge in [-0.2, -0.15) is 0 Å². The summed E-state index contributed by atoms with van der Waals surface area (Å²) in [7, 11) is 0. The zero-order valence-electron chi connectivity index (χ0n) is 9.90.